The number of benzene rings is 1. The summed E-state index contributed by atoms with van der Waals surface area (Å²) in [6, 6.07) is 10.7. The second-order valence-electron chi connectivity index (χ2n) is 6.93. The maximum absolute atomic E-state index is 4.46. The van der Waals surface area contributed by atoms with Crippen molar-refractivity contribution in [2.75, 3.05) is 7.05 Å². The highest BCUT2D eigenvalue weighted by molar-refractivity contribution is 7.17. The van der Waals surface area contributed by atoms with Crippen LogP contribution in [0.25, 0.3) is 21.3 Å². The number of hydrogen-bond donors (Lipinski definition) is 0. The summed E-state index contributed by atoms with van der Waals surface area (Å²) < 4.78 is 3.44. The van der Waals surface area contributed by atoms with Gasteiger partial charge < -0.3 is 4.90 Å². The second-order valence-corrected chi connectivity index (χ2v) is 7.88. The number of aromatic nitrogens is 3. The van der Waals surface area contributed by atoms with Gasteiger partial charge in [0.1, 0.15) is 5.69 Å². The van der Waals surface area contributed by atoms with Crippen LogP contribution in [0.15, 0.2) is 35.8 Å². The zero-order valence-corrected chi connectivity index (χ0v) is 14.0. The largest absolute Gasteiger partial charge is 0.300 e. The third kappa shape index (κ3) is 2.22. The summed E-state index contributed by atoms with van der Waals surface area (Å²) in [6.07, 6.45) is 7.24. The van der Waals surface area contributed by atoms with E-state index in [0.717, 1.165) is 23.3 Å². The average molecular weight is 324 g/mol. The smallest absolute Gasteiger partial charge is 0.113 e. The van der Waals surface area contributed by atoms with Crippen LogP contribution in [0.5, 0.6) is 0 Å². The lowest BCUT2D eigenvalue weighted by atomic mass is 9.98. The van der Waals surface area contributed by atoms with Crippen LogP contribution in [0.2, 0.25) is 0 Å². The normalized spacial score (nSPS) is 27.8. The number of hydrogen-bond acceptors (Lipinski definition) is 4. The van der Waals surface area contributed by atoms with Crippen molar-refractivity contribution in [3.8, 4) is 11.3 Å². The lowest BCUT2D eigenvalue weighted by Gasteiger charge is -2.36. The highest BCUT2D eigenvalue weighted by Crippen LogP contribution is 2.39. The van der Waals surface area contributed by atoms with E-state index in [2.05, 4.69) is 62.8 Å². The van der Waals surface area contributed by atoms with Gasteiger partial charge in [0.15, 0.2) is 0 Å². The minimum Gasteiger partial charge on any atom is -0.300 e. The molecular weight excluding hydrogens is 304 g/mol. The SMILES string of the molecule is CN1[C@@H]2CC[C@@H]1CC(n1cc(-c3ccc4sccc4c3)nn1)C2. The number of rotatable bonds is 2. The van der Waals surface area contributed by atoms with Crippen LogP contribution in [0.3, 0.4) is 0 Å². The topological polar surface area (TPSA) is 34.0 Å². The molecule has 0 N–H and O–H groups in total. The van der Waals surface area contributed by atoms with Crippen LogP contribution >= 0.6 is 11.3 Å². The molecule has 4 nitrogen and oxygen atoms in total. The van der Waals surface area contributed by atoms with E-state index in [1.807, 2.05) is 0 Å². The summed E-state index contributed by atoms with van der Waals surface area (Å²) in [5.41, 5.74) is 2.16. The number of fused-ring (bicyclic) bond motifs is 3. The Morgan fingerprint density at radius 2 is 1.91 bits per heavy atom. The Kier molecular flexibility index (Phi) is 3.06. The van der Waals surface area contributed by atoms with Gasteiger partial charge in [-0.25, -0.2) is 4.68 Å². The van der Waals surface area contributed by atoms with Crippen LogP contribution in [-0.2, 0) is 0 Å². The maximum Gasteiger partial charge on any atom is 0.113 e. The Morgan fingerprint density at radius 1 is 1.09 bits per heavy atom. The van der Waals surface area contributed by atoms with Crippen molar-refractivity contribution in [2.24, 2.45) is 0 Å². The van der Waals surface area contributed by atoms with Crippen LogP contribution in [0, 0.1) is 0 Å². The van der Waals surface area contributed by atoms with E-state index in [9.17, 15) is 0 Å². The fraction of sp³-hybridized carbons (Fsp3) is 0.444. The molecule has 0 amide bonds. The molecule has 0 aliphatic carbocycles. The standard InChI is InChI=1S/C18H20N4S/c1-21-14-3-4-15(21)10-16(9-14)22-11-17(19-20-22)12-2-5-18-13(8-12)6-7-23-18/h2,5-8,11,14-16H,3-4,9-10H2,1H3/t14-,15-/m1/s1. The fourth-order valence-electron chi connectivity index (χ4n) is 4.31. The summed E-state index contributed by atoms with van der Waals surface area (Å²) in [5, 5.41) is 12.3. The van der Waals surface area contributed by atoms with Crippen LogP contribution < -0.4 is 0 Å². The quantitative estimate of drug-likeness (QED) is 0.715. The van der Waals surface area contributed by atoms with Gasteiger partial charge in [0.2, 0.25) is 0 Å². The molecular formula is C18H20N4S. The zero-order valence-electron chi connectivity index (χ0n) is 13.2. The minimum atomic E-state index is 0.509. The molecule has 118 valence electrons. The zero-order chi connectivity index (χ0) is 15.4. The first-order valence-electron chi connectivity index (χ1n) is 8.39. The van der Waals surface area contributed by atoms with Gasteiger partial charge >= 0.3 is 0 Å². The maximum atomic E-state index is 4.46. The first-order chi connectivity index (χ1) is 11.3. The highest BCUT2D eigenvalue weighted by atomic mass is 32.1. The van der Waals surface area contributed by atoms with Gasteiger partial charge in [-0.05, 0) is 61.7 Å². The molecule has 1 aromatic carbocycles. The molecule has 0 radical (unpaired) electrons. The van der Waals surface area contributed by atoms with Gasteiger partial charge in [0.25, 0.3) is 0 Å². The van der Waals surface area contributed by atoms with Crippen molar-refractivity contribution in [1.82, 2.24) is 19.9 Å². The Balaban J connectivity index is 1.44. The van der Waals surface area contributed by atoms with Crippen molar-refractivity contribution >= 4 is 21.4 Å². The number of thiophene rings is 1. The number of piperidine rings is 1. The first-order valence-corrected chi connectivity index (χ1v) is 9.27. The molecule has 5 rings (SSSR count). The van der Waals surface area contributed by atoms with Gasteiger partial charge in [-0.1, -0.05) is 11.3 Å². The molecule has 4 heterocycles. The van der Waals surface area contributed by atoms with Crippen molar-refractivity contribution in [1.29, 1.82) is 0 Å². The van der Waals surface area contributed by atoms with Crippen molar-refractivity contribution in [3.63, 3.8) is 0 Å². The van der Waals surface area contributed by atoms with E-state index in [4.69, 9.17) is 0 Å². The van der Waals surface area contributed by atoms with Crippen LogP contribution in [-0.4, -0.2) is 39.0 Å². The minimum absolute atomic E-state index is 0.509. The summed E-state index contributed by atoms with van der Waals surface area (Å²) in [6.45, 7) is 0. The molecule has 5 heteroatoms. The molecule has 23 heavy (non-hydrogen) atoms. The fourth-order valence-corrected chi connectivity index (χ4v) is 5.08. The number of nitrogens with zero attached hydrogens (tertiary/aromatic N) is 4. The van der Waals surface area contributed by atoms with Crippen LogP contribution in [0.1, 0.15) is 31.7 Å². The van der Waals surface area contributed by atoms with E-state index in [0.29, 0.717) is 6.04 Å². The molecule has 2 aliphatic heterocycles. The van der Waals surface area contributed by atoms with E-state index >= 15 is 0 Å². The Morgan fingerprint density at radius 3 is 2.74 bits per heavy atom. The van der Waals surface area contributed by atoms with E-state index in [1.165, 1.54) is 35.8 Å². The van der Waals surface area contributed by atoms with E-state index < -0.39 is 0 Å². The van der Waals surface area contributed by atoms with Crippen LogP contribution in [0.4, 0.5) is 0 Å². The summed E-state index contributed by atoms with van der Waals surface area (Å²) in [4.78, 5) is 2.57. The monoisotopic (exact) mass is 324 g/mol. The molecule has 0 spiro atoms. The molecule has 2 bridgehead atoms. The Hall–Kier alpha value is -1.72. The Bertz CT molecular complexity index is 837. The van der Waals surface area contributed by atoms with Gasteiger partial charge in [0, 0.05) is 22.3 Å². The molecule has 2 saturated heterocycles. The molecule has 2 fully saturated rings. The summed E-state index contributed by atoms with van der Waals surface area (Å²) >= 11 is 1.78. The molecule has 2 aromatic heterocycles. The highest BCUT2D eigenvalue weighted by Gasteiger charge is 2.39. The van der Waals surface area contributed by atoms with Gasteiger partial charge in [-0.3, -0.25) is 0 Å². The first kappa shape index (κ1) is 13.7. The van der Waals surface area contributed by atoms with Crippen molar-refractivity contribution in [3.05, 3.63) is 35.8 Å². The van der Waals surface area contributed by atoms with Gasteiger partial charge in [-0.15, -0.1) is 16.4 Å². The third-order valence-corrected chi connectivity index (χ3v) is 6.60. The molecule has 2 atom stereocenters. The van der Waals surface area contributed by atoms with E-state index in [1.54, 1.807) is 11.3 Å². The van der Waals surface area contributed by atoms with Gasteiger partial charge in [-0.2, -0.15) is 0 Å². The predicted molar refractivity (Wildman–Crippen MR) is 93.7 cm³/mol. The lowest BCUT2D eigenvalue weighted by Crippen LogP contribution is -2.40. The van der Waals surface area contributed by atoms with E-state index in [-0.39, 0.29) is 0 Å². The average Bonchev–Trinajstić information content (AvgIpc) is 3.25. The molecule has 3 aromatic rings. The summed E-state index contributed by atoms with van der Waals surface area (Å²) in [5.74, 6) is 0. The molecule has 0 unspecified atom stereocenters. The third-order valence-electron chi connectivity index (χ3n) is 5.71. The summed E-state index contributed by atoms with van der Waals surface area (Å²) in [7, 11) is 2.28. The lowest BCUT2D eigenvalue weighted by molar-refractivity contribution is 0.130. The molecule has 2 aliphatic rings. The molecule has 0 saturated carbocycles. The van der Waals surface area contributed by atoms with Crippen molar-refractivity contribution in [2.45, 2.75) is 43.8 Å². The van der Waals surface area contributed by atoms with Crippen molar-refractivity contribution < 1.29 is 0 Å². The second kappa shape index (κ2) is 5.14. The predicted octanol–water partition coefficient (Wildman–Crippen LogP) is 3.96. The van der Waals surface area contributed by atoms with Gasteiger partial charge in [0.05, 0.1) is 12.2 Å². The Labute approximate surface area is 139 Å².